The van der Waals surface area contributed by atoms with E-state index in [0.717, 1.165) is 12.8 Å². The summed E-state index contributed by atoms with van der Waals surface area (Å²) < 4.78 is 0. The molecule has 0 spiro atoms. The second kappa shape index (κ2) is 6.55. The summed E-state index contributed by atoms with van der Waals surface area (Å²) in [5, 5.41) is 11.3. The molecule has 1 N–H and O–H groups in total. The molecule has 2 amide bonds. The second-order valence-electron chi connectivity index (χ2n) is 6.29. The van der Waals surface area contributed by atoms with Crippen molar-refractivity contribution in [3.8, 4) is 6.07 Å². The van der Waals surface area contributed by atoms with Crippen LogP contribution in [0.3, 0.4) is 0 Å². The molecule has 19 heavy (non-hydrogen) atoms. The van der Waals surface area contributed by atoms with Crippen LogP contribution in [-0.4, -0.2) is 35.8 Å². The highest BCUT2D eigenvalue weighted by Crippen LogP contribution is 2.21. The highest BCUT2D eigenvalue weighted by atomic mass is 16.2. The van der Waals surface area contributed by atoms with Gasteiger partial charge in [-0.05, 0) is 18.3 Å². The Bertz CT molecular complexity index is 371. The third-order valence-electron chi connectivity index (χ3n) is 3.13. The van der Waals surface area contributed by atoms with Gasteiger partial charge in [-0.1, -0.05) is 20.8 Å². The Labute approximate surface area is 115 Å². The van der Waals surface area contributed by atoms with Gasteiger partial charge in [0.2, 0.25) is 11.8 Å². The van der Waals surface area contributed by atoms with E-state index in [0.29, 0.717) is 19.5 Å². The zero-order valence-corrected chi connectivity index (χ0v) is 12.0. The molecule has 0 aromatic heterocycles. The van der Waals surface area contributed by atoms with Gasteiger partial charge in [-0.25, -0.2) is 0 Å². The van der Waals surface area contributed by atoms with Crippen LogP contribution < -0.4 is 5.32 Å². The minimum atomic E-state index is -0.220. The fourth-order valence-corrected chi connectivity index (χ4v) is 2.19. The van der Waals surface area contributed by atoms with Crippen LogP contribution in [0.25, 0.3) is 0 Å². The number of likely N-dealkylation sites (tertiary alicyclic amines) is 1. The molecular weight excluding hydrogens is 242 g/mol. The average Bonchev–Trinajstić information content (AvgIpc) is 2.27. The van der Waals surface area contributed by atoms with Crippen molar-refractivity contribution in [2.24, 2.45) is 5.41 Å². The molecule has 1 saturated heterocycles. The summed E-state index contributed by atoms with van der Waals surface area (Å²) in [5.41, 5.74) is 0.00887. The monoisotopic (exact) mass is 265 g/mol. The zero-order valence-electron chi connectivity index (χ0n) is 12.0. The predicted octanol–water partition coefficient (Wildman–Crippen LogP) is 1.44. The van der Waals surface area contributed by atoms with Crippen molar-refractivity contribution in [2.75, 3.05) is 13.1 Å². The summed E-state index contributed by atoms with van der Waals surface area (Å²) in [6.07, 6.45) is 2.00. The maximum atomic E-state index is 12.0. The highest BCUT2D eigenvalue weighted by Gasteiger charge is 2.26. The maximum Gasteiger partial charge on any atom is 0.234 e. The molecule has 1 fully saturated rings. The lowest BCUT2D eigenvalue weighted by Crippen LogP contribution is -2.47. The molecular formula is C14H23N3O2. The molecule has 0 bridgehead atoms. The first-order valence-electron chi connectivity index (χ1n) is 6.76. The normalized spacial score (nSPS) is 16.8. The Morgan fingerprint density at radius 2 is 1.89 bits per heavy atom. The molecule has 5 heteroatoms. The highest BCUT2D eigenvalue weighted by molar-refractivity contribution is 5.78. The number of nitriles is 1. The van der Waals surface area contributed by atoms with E-state index in [2.05, 4.69) is 26.1 Å². The maximum absolute atomic E-state index is 12.0. The number of hydrogen-bond donors (Lipinski definition) is 1. The van der Waals surface area contributed by atoms with Crippen LogP contribution >= 0.6 is 0 Å². The topological polar surface area (TPSA) is 73.2 Å². The largest absolute Gasteiger partial charge is 0.352 e. The van der Waals surface area contributed by atoms with Gasteiger partial charge in [0.15, 0.2) is 0 Å². The standard InChI is InChI=1S/C14H23N3O2/c1-14(2,3)10-13(19)17-8-5-11(6-9-17)16-12(18)4-7-15/h11H,4-6,8-10H2,1-3H3,(H,16,18). The Balaban J connectivity index is 2.35. The average molecular weight is 265 g/mol. The molecule has 0 aromatic carbocycles. The van der Waals surface area contributed by atoms with Gasteiger partial charge in [-0.2, -0.15) is 5.26 Å². The summed E-state index contributed by atoms with van der Waals surface area (Å²) in [5.74, 6) is -0.0312. The third kappa shape index (κ3) is 5.73. The van der Waals surface area contributed by atoms with E-state index in [1.807, 2.05) is 11.0 Å². The number of amides is 2. The minimum absolute atomic E-state index is 0.00887. The molecule has 0 aromatic rings. The van der Waals surface area contributed by atoms with Crippen LogP contribution in [0.1, 0.15) is 46.5 Å². The van der Waals surface area contributed by atoms with E-state index in [1.54, 1.807) is 0 Å². The first kappa shape index (κ1) is 15.5. The quantitative estimate of drug-likeness (QED) is 0.839. The summed E-state index contributed by atoms with van der Waals surface area (Å²) in [7, 11) is 0. The van der Waals surface area contributed by atoms with Gasteiger partial charge in [0, 0.05) is 25.6 Å². The summed E-state index contributed by atoms with van der Waals surface area (Å²) in [6, 6.07) is 1.93. The molecule has 0 atom stereocenters. The zero-order chi connectivity index (χ0) is 14.5. The summed E-state index contributed by atoms with van der Waals surface area (Å²) >= 11 is 0. The van der Waals surface area contributed by atoms with E-state index in [9.17, 15) is 9.59 Å². The lowest BCUT2D eigenvalue weighted by molar-refractivity contribution is -0.134. The fraction of sp³-hybridized carbons (Fsp3) is 0.786. The van der Waals surface area contributed by atoms with Gasteiger partial charge < -0.3 is 10.2 Å². The fourth-order valence-electron chi connectivity index (χ4n) is 2.19. The lowest BCUT2D eigenvalue weighted by Gasteiger charge is -2.33. The number of rotatable bonds is 3. The Morgan fingerprint density at radius 1 is 1.32 bits per heavy atom. The second-order valence-corrected chi connectivity index (χ2v) is 6.29. The molecule has 1 aliphatic rings. The molecule has 106 valence electrons. The van der Waals surface area contributed by atoms with Gasteiger partial charge >= 0.3 is 0 Å². The van der Waals surface area contributed by atoms with Crippen molar-refractivity contribution >= 4 is 11.8 Å². The van der Waals surface area contributed by atoms with Gasteiger partial charge in [-0.15, -0.1) is 0 Å². The number of hydrogen-bond acceptors (Lipinski definition) is 3. The lowest BCUT2D eigenvalue weighted by atomic mass is 9.91. The first-order valence-corrected chi connectivity index (χ1v) is 6.76. The Kier molecular flexibility index (Phi) is 5.34. The molecule has 0 saturated carbocycles. The van der Waals surface area contributed by atoms with Crippen LogP contribution in [0.4, 0.5) is 0 Å². The molecule has 1 heterocycles. The molecule has 1 rings (SSSR count). The van der Waals surface area contributed by atoms with Crippen LogP contribution in [0.15, 0.2) is 0 Å². The van der Waals surface area contributed by atoms with Crippen molar-refractivity contribution in [2.45, 2.75) is 52.5 Å². The van der Waals surface area contributed by atoms with Crippen LogP contribution in [0, 0.1) is 16.7 Å². The van der Waals surface area contributed by atoms with Crippen LogP contribution in [-0.2, 0) is 9.59 Å². The molecule has 0 unspecified atom stereocenters. The van der Waals surface area contributed by atoms with E-state index in [-0.39, 0.29) is 29.7 Å². The minimum Gasteiger partial charge on any atom is -0.352 e. The Hall–Kier alpha value is -1.57. The number of nitrogens with zero attached hydrogens (tertiary/aromatic N) is 2. The van der Waals surface area contributed by atoms with Crippen molar-refractivity contribution in [1.82, 2.24) is 10.2 Å². The number of piperidine rings is 1. The van der Waals surface area contributed by atoms with Gasteiger partial charge in [-0.3, -0.25) is 9.59 Å². The third-order valence-corrected chi connectivity index (χ3v) is 3.13. The molecule has 1 aliphatic heterocycles. The first-order chi connectivity index (χ1) is 8.81. The van der Waals surface area contributed by atoms with Crippen molar-refractivity contribution < 1.29 is 9.59 Å². The smallest absolute Gasteiger partial charge is 0.234 e. The van der Waals surface area contributed by atoms with Gasteiger partial charge in [0.05, 0.1) is 6.07 Å². The van der Waals surface area contributed by atoms with Crippen molar-refractivity contribution in [1.29, 1.82) is 5.26 Å². The van der Waals surface area contributed by atoms with Crippen molar-refractivity contribution in [3.05, 3.63) is 0 Å². The summed E-state index contributed by atoms with van der Waals surface area (Å²) in [4.78, 5) is 25.2. The number of nitrogens with one attached hydrogen (secondary N) is 1. The van der Waals surface area contributed by atoms with Crippen molar-refractivity contribution in [3.63, 3.8) is 0 Å². The van der Waals surface area contributed by atoms with Gasteiger partial charge in [0.25, 0.3) is 0 Å². The Morgan fingerprint density at radius 3 is 2.37 bits per heavy atom. The molecule has 5 nitrogen and oxygen atoms in total. The predicted molar refractivity (Wildman–Crippen MR) is 72.0 cm³/mol. The van der Waals surface area contributed by atoms with E-state index >= 15 is 0 Å². The SMILES string of the molecule is CC(C)(C)CC(=O)N1CCC(NC(=O)CC#N)CC1. The van der Waals surface area contributed by atoms with Crippen LogP contribution in [0.2, 0.25) is 0 Å². The van der Waals surface area contributed by atoms with Crippen LogP contribution in [0.5, 0.6) is 0 Å². The summed E-state index contributed by atoms with van der Waals surface area (Å²) in [6.45, 7) is 7.54. The van der Waals surface area contributed by atoms with E-state index in [4.69, 9.17) is 5.26 Å². The van der Waals surface area contributed by atoms with Gasteiger partial charge in [0.1, 0.15) is 6.42 Å². The molecule has 0 aliphatic carbocycles. The number of carbonyl (C=O) groups excluding carboxylic acids is 2. The van der Waals surface area contributed by atoms with E-state index in [1.165, 1.54) is 0 Å². The number of carbonyl (C=O) groups is 2. The van der Waals surface area contributed by atoms with E-state index < -0.39 is 0 Å². The molecule has 0 radical (unpaired) electrons.